The van der Waals surface area contributed by atoms with E-state index in [-0.39, 0.29) is 30.2 Å². The fraction of sp³-hybridized carbons (Fsp3) is 0.250. The SMILES string of the molecule is C=Cc1ccc2c(c1)-c1cc(C=C)c[c](/[Zr+2]([C]3=CC(C(C)(C)C)=CC3C)=[C](/CC)c3ccccc3)c1C2.[Cl-].[Cl-]. The molecule has 0 aromatic heterocycles. The number of allylic oxidation sites excluding steroid dienone is 4. The summed E-state index contributed by atoms with van der Waals surface area (Å²) in [5, 5.41) is 0. The molecule has 0 amide bonds. The van der Waals surface area contributed by atoms with E-state index in [9.17, 15) is 0 Å². The second-order valence-corrected chi connectivity index (χ2v) is 17.5. The van der Waals surface area contributed by atoms with Crippen LogP contribution in [-0.4, -0.2) is 3.21 Å². The first kappa shape index (κ1) is 31.5. The van der Waals surface area contributed by atoms with Crippen molar-refractivity contribution in [1.82, 2.24) is 0 Å². The minimum absolute atomic E-state index is 0. The summed E-state index contributed by atoms with van der Waals surface area (Å²) in [4.78, 5) is 0. The van der Waals surface area contributed by atoms with Crippen LogP contribution >= 0.6 is 0 Å². The van der Waals surface area contributed by atoms with Crippen LogP contribution in [-0.2, 0) is 27.7 Å². The van der Waals surface area contributed by atoms with Crippen molar-refractivity contribution in [3.05, 3.63) is 123 Å². The van der Waals surface area contributed by atoms with Gasteiger partial charge >= 0.3 is 232 Å². The molecule has 0 spiro atoms. The summed E-state index contributed by atoms with van der Waals surface area (Å²) >= 11 is -2.55. The quantitative estimate of drug-likeness (QED) is 0.307. The molecule has 0 heterocycles. The van der Waals surface area contributed by atoms with Crippen molar-refractivity contribution >= 4 is 18.6 Å². The molecule has 0 N–H and O–H groups in total. The van der Waals surface area contributed by atoms with Crippen LogP contribution in [0.5, 0.6) is 0 Å². The number of hydrogen-bond acceptors (Lipinski definition) is 0. The Bertz CT molecular complexity index is 1500. The van der Waals surface area contributed by atoms with Gasteiger partial charge in [0, 0.05) is 0 Å². The largest absolute Gasteiger partial charge is 1.00 e. The summed E-state index contributed by atoms with van der Waals surface area (Å²) in [6, 6.07) is 22.9. The molecule has 3 aromatic carbocycles. The van der Waals surface area contributed by atoms with E-state index in [2.05, 4.69) is 121 Å². The van der Waals surface area contributed by atoms with Gasteiger partial charge in [-0.2, -0.15) is 0 Å². The first-order valence-corrected chi connectivity index (χ1v) is 17.2. The molecule has 5 rings (SSSR count). The van der Waals surface area contributed by atoms with Gasteiger partial charge in [-0.25, -0.2) is 0 Å². The molecule has 0 fully saturated rings. The van der Waals surface area contributed by atoms with Crippen LogP contribution in [0.3, 0.4) is 0 Å². The van der Waals surface area contributed by atoms with Crippen LogP contribution in [0, 0.1) is 11.3 Å². The molecule has 0 saturated carbocycles. The second kappa shape index (κ2) is 12.6. The molecule has 3 aromatic rings. The minimum Gasteiger partial charge on any atom is -1.00 e. The maximum absolute atomic E-state index is 4.20. The molecule has 0 bridgehead atoms. The molecular formula is C36H38Cl2Zr. The fourth-order valence-corrected chi connectivity index (χ4v) is 14.4. The van der Waals surface area contributed by atoms with E-state index >= 15 is 0 Å². The van der Waals surface area contributed by atoms with Crippen molar-refractivity contribution in [1.29, 1.82) is 0 Å². The Balaban J connectivity index is 0.00000210. The summed E-state index contributed by atoms with van der Waals surface area (Å²) in [7, 11) is 0. The zero-order valence-electron chi connectivity index (χ0n) is 23.7. The van der Waals surface area contributed by atoms with Gasteiger partial charge in [-0.3, -0.25) is 0 Å². The third kappa shape index (κ3) is 6.02. The second-order valence-electron chi connectivity index (χ2n) is 11.4. The van der Waals surface area contributed by atoms with Crippen molar-refractivity contribution < 1.29 is 46.1 Å². The van der Waals surface area contributed by atoms with Gasteiger partial charge in [-0.05, 0) is 0 Å². The van der Waals surface area contributed by atoms with E-state index in [4.69, 9.17) is 0 Å². The van der Waals surface area contributed by atoms with E-state index in [0.29, 0.717) is 5.92 Å². The normalized spacial score (nSPS) is 15.6. The molecule has 3 heteroatoms. The molecule has 0 aliphatic heterocycles. The summed E-state index contributed by atoms with van der Waals surface area (Å²) in [5.41, 5.74) is 11.3. The zero-order valence-corrected chi connectivity index (χ0v) is 27.7. The van der Waals surface area contributed by atoms with Crippen LogP contribution in [0.1, 0.15) is 68.9 Å². The fourth-order valence-electron chi connectivity index (χ4n) is 5.91. The van der Waals surface area contributed by atoms with Crippen molar-refractivity contribution in [2.45, 2.75) is 47.5 Å². The third-order valence-electron chi connectivity index (χ3n) is 7.97. The minimum atomic E-state index is -2.55. The molecule has 0 saturated heterocycles. The number of fused-ring (bicyclic) bond motifs is 3. The smallest absolute Gasteiger partial charge is 1.00 e. The number of rotatable bonds is 6. The van der Waals surface area contributed by atoms with Crippen molar-refractivity contribution in [2.75, 3.05) is 0 Å². The predicted octanol–water partition coefficient (Wildman–Crippen LogP) is 2.93. The van der Waals surface area contributed by atoms with E-state index in [0.717, 1.165) is 12.8 Å². The van der Waals surface area contributed by atoms with Gasteiger partial charge < -0.3 is 24.8 Å². The third-order valence-corrected chi connectivity index (χ3v) is 16.3. The van der Waals surface area contributed by atoms with Gasteiger partial charge in [-0.15, -0.1) is 0 Å². The molecule has 1 atom stereocenters. The summed E-state index contributed by atoms with van der Waals surface area (Å²) in [6.45, 7) is 20.1. The maximum atomic E-state index is 4.20. The van der Waals surface area contributed by atoms with Gasteiger partial charge in [-0.1, -0.05) is 0 Å². The Hall–Kier alpha value is -2.05. The average molecular weight is 633 g/mol. The Labute approximate surface area is 255 Å². The van der Waals surface area contributed by atoms with Crippen molar-refractivity contribution in [3.8, 4) is 11.1 Å². The summed E-state index contributed by atoms with van der Waals surface area (Å²) in [5.74, 6) is 0.480. The molecular weight excluding hydrogens is 595 g/mol. The molecule has 2 aliphatic rings. The summed E-state index contributed by atoms with van der Waals surface area (Å²) in [6.07, 6.45) is 11.3. The number of halogens is 2. The zero-order chi connectivity index (χ0) is 26.3. The van der Waals surface area contributed by atoms with E-state index in [1.165, 1.54) is 39.0 Å². The molecule has 1 unspecified atom stereocenters. The first-order chi connectivity index (χ1) is 17.7. The monoisotopic (exact) mass is 630 g/mol. The Kier molecular flexibility index (Phi) is 10.2. The molecule has 39 heavy (non-hydrogen) atoms. The standard InChI is InChI=1S/C17H13.C10H15.C9H10.2ClH.Zr/c1-3-12-5-7-14-11-15-8-6-13(4-2)10-17(15)16(14)9-12;1-8-5-6-9(7-8)10(2,3)4;1-2-6-9-7-4-3-5-8-9;;;/h3-7,9-10H,1-2,11H2;6-8H,1-4H3;3-5,7-8H,2H2,1H3;2*1H;/q;;;;;+2/p-2. The first-order valence-electron chi connectivity index (χ1n) is 13.5. The summed E-state index contributed by atoms with van der Waals surface area (Å²) < 4.78 is 5.03. The van der Waals surface area contributed by atoms with Gasteiger partial charge in [0.1, 0.15) is 0 Å². The van der Waals surface area contributed by atoms with E-state index in [1.807, 2.05) is 12.2 Å². The van der Waals surface area contributed by atoms with Crippen LogP contribution in [0.2, 0.25) is 0 Å². The Morgan fingerprint density at radius 1 is 0.923 bits per heavy atom. The molecule has 200 valence electrons. The van der Waals surface area contributed by atoms with Crippen LogP contribution in [0.25, 0.3) is 23.3 Å². The molecule has 0 nitrogen and oxygen atoms in total. The van der Waals surface area contributed by atoms with Crippen molar-refractivity contribution in [2.24, 2.45) is 11.3 Å². The van der Waals surface area contributed by atoms with Gasteiger partial charge in [0.2, 0.25) is 0 Å². The van der Waals surface area contributed by atoms with E-state index < -0.39 is 21.3 Å². The van der Waals surface area contributed by atoms with Crippen LogP contribution in [0.15, 0.2) is 94.8 Å². The van der Waals surface area contributed by atoms with Gasteiger partial charge in [0.15, 0.2) is 0 Å². The Morgan fingerprint density at radius 2 is 1.59 bits per heavy atom. The number of hydrogen-bond donors (Lipinski definition) is 0. The molecule has 2 aliphatic carbocycles. The van der Waals surface area contributed by atoms with Crippen LogP contribution in [0.4, 0.5) is 0 Å². The van der Waals surface area contributed by atoms with E-state index in [1.54, 1.807) is 15.3 Å². The van der Waals surface area contributed by atoms with Gasteiger partial charge in [0.05, 0.1) is 0 Å². The molecule has 0 radical (unpaired) electrons. The maximum Gasteiger partial charge on any atom is -1.00 e. The average Bonchev–Trinajstić information content (AvgIpc) is 3.47. The van der Waals surface area contributed by atoms with Crippen molar-refractivity contribution in [3.63, 3.8) is 0 Å². The topological polar surface area (TPSA) is 0 Å². The van der Waals surface area contributed by atoms with Crippen LogP contribution < -0.4 is 28.1 Å². The van der Waals surface area contributed by atoms with Gasteiger partial charge in [0.25, 0.3) is 0 Å². The number of benzene rings is 3. The predicted molar refractivity (Wildman–Crippen MR) is 160 cm³/mol. The Morgan fingerprint density at radius 3 is 2.18 bits per heavy atom.